The molecule has 2 heterocycles. The Balaban J connectivity index is 1.36. The van der Waals surface area contributed by atoms with E-state index in [4.69, 9.17) is 0 Å². The molecule has 7 rings (SSSR count). The number of carbonyl (C=O) groups is 4. The predicted octanol–water partition coefficient (Wildman–Crippen LogP) is 4.75. The molecule has 0 spiro atoms. The van der Waals surface area contributed by atoms with Crippen molar-refractivity contribution in [2.75, 3.05) is 9.80 Å². The van der Waals surface area contributed by atoms with Crippen molar-refractivity contribution in [1.29, 1.82) is 0 Å². The average molecular weight is 533 g/mol. The van der Waals surface area contributed by atoms with E-state index in [0.29, 0.717) is 35.3 Å². The molecule has 1 saturated carbocycles. The number of hydrogen-bond donors (Lipinski definition) is 1. The standard InChI is InChI=1S/C33H28N2O5/c1-18-9-8-14-22(29(18)36)26-21-15-16-23-27(32(39)34(30(23)37)19-10-4-2-5-11-19)24(21)17-25-28(26)33(40)35(31(25)38)20-12-6-3-7-13-20/h2-15,23-28,36H,16-17H2,1H3. The highest BCUT2D eigenvalue weighted by molar-refractivity contribution is 6.24. The van der Waals surface area contributed by atoms with Crippen molar-refractivity contribution in [2.45, 2.75) is 25.7 Å². The molecule has 7 nitrogen and oxygen atoms in total. The third kappa shape index (κ3) is 3.36. The van der Waals surface area contributed by atoms with E-state index < -0.39 is 35.5 Å². The second kappa shape index (κ2) is 9.01. The van der Waals surface area contributed by atoms with Gasteiger partial charge < -0.3 is 5.11 Å². The van der Waals surface area contributed by atoms with Crippen molar-refractivity contribution in [3.63, 3.8) is 0 Å². The van der Waals surface area contributed by atoms with Gasteiger partial charge in [0.05, 0.1) is 35.0 Å². The largest absolute Gasteiger partial charge is 0.507 e. The number of nitrogens with zero attached hydrogens (tertiary/aromatic N) is 2. The molecule has 2 saturated heterocycles. The summed E-state index contributed by atoms with van der Waals surface area (Å²) in [5.74, 6) is -4.51. The summed E-state index contributed by atoms with van der Waals surface area (Å²) in [6.45, 7) is 1.80. The zero-order valence-corrected chi connectivity index (χ0v) is 21.9. The lowest BCUT2D eigenvalue weighted by Gasteiger charge is -2.44. The lowest BCUT2D eigenvalue weighted by Crippen LogP contribution is -2.43. The van der Waals surface area contributed by atoms with Crippen LogP contribution in [0.5, 0.6) is 5.75 Å². The third-order valence-electron chi connectivity index (χ3n) is 9.28. The Hall–Kier alpha value is -4.52. The first kappa shape index (κ1) is 24.5. The van der Waals surface area contributed by atoms with E-state index in [1.54, 1.807) is 67.6 Å². The zero-order valence-electron chi connectivity index (χ0n) is 21.9. The third-order valence-corrected chi connectivity index (χ3v) is 9.28. The number of carbonyl (C=O) groups excluding carboxylic acids is 4. The molecule has 4 amide bonds. The first-order chi connectivity index (χ1) is 19.4. The Labute approximate surface area is 231 Å². The van der Waals surface area contributed by atoms with Crippen LogP contribution >= 0.6 is 0 Å². The summed E-state index contributed by atoms with van der Waals surface area (Å²) >= 11 is 0. The van der Waals surface area contributed by atoms with Gasteiger partial charge in [-0.25, -0.2) is 0 Å². The number of hydrogen-bond acceptors (Lipinski definition) is 5. The summed E-state index contributed by atoms with van der Waals surface area (Å²) in [4.78, 5) is 58.1. The summed E-state index contributed by atoms with van der Waals surface area (Å²) in [5, 5.41) is 11.2. The molecule has 4 aliphatic rings. The van der Waals surface area contributed by atoms with Crippen LogP contribution in [0.1, 0.15) is 29.9 Å². The molecule has 0 bridgehead atoms. The van der Waals surface area contributed by atoms with E-state index in [0.717, 1.165) is 5.57 Å². The van der Waals surface area contributed by atoms with Crippen LogP contribution < -0.4 is 9.80 Å². The summed E-state index contributed by atoms with van der Waals surface area (Å²) in [5.41, 5.74) is 3.17. The maximum Gasteiger partial charge on any atom is 0.238 e. The van der Waals surface area contributed by atoms with Crippen LogP contribution in [-0.2, 0) is 19.2 Å². The van der Waals surface area contributed by atoms with Gasteiger partial charge in [-0.2, -0.15) is 0 Å². The molecule has 40 heavy (non-hydrogen) atoms. The fraction of sp³-hybridized carbons (Fsp3) is 0.273. The molecule has 0 aromatic heterocycles. The molecule has 1 N–H and O–H groups in total. The number of rotatable bonds is 3. The molecule has 0 radical (unpaired) electrons. The monoisotopic (exact) mass is 532 g/mol. The smallest absolute Gasteiger partial charge is 0.238 e. The van der Waals surface area contributed by atoms with Crippen molar-refractivity contribution in [1.82, 2.24) is 0 Å². The van der Waals surface area contributed by atoms with Crippen molar-refractivity contribution in [3.8, 4) is 5.75 Å². The van der Waals surface area contributed by atoms with E-state index in [2.05, 4.69) is 0 Å². The van der Waals surface area contributed by atoms with Gasteiger partial charge in [0, 0.05) is 11.5 Å². The minimum absolute atomic E-state index is 0.0908. The van der Waals surface area contributed by atoms with Gasteiger partial charge in [-0.05, 0) is 55.5 Å². The highest BCUT2D eigenvalue weighted by atomic mass is 16.3. The molecule has 3 aromatic rings. The van der Waals surface area contributed by atoms with E-state index in [9.17, 15) is 24.3 Å². The van der Waals surface area contributed by atoms with Crippen molar-refractivity contribution < 1.29 is 24.3 Å². The zero-order chi connectivity index (χ0) is 27.7. The quantitative estimate of drug-likeness (QED) is 0.388. The van der Waals surface area contributed by atoms with Gasteiger partial charge in [-0.3, -0.25) is 29.0 Å². The number of aromatic hydroxyl groups is 1. The van der Waals surface area contributed by atoms with Gasteiger partial charge in [-0.15, -0.1) is 0 Å². The van der Waals surface area contributed by atoms with Crippen molar-refractivity contribution in [2.24, 2.45) is 29.6 Å². The SMILES string of the molecule is Cc1cccc(C2C3=CCC4C(=O)N(c5ccccc5)C(=O)C4C3CC3C(=O)N(c4ccccc4)C(=O)C32)c1O. The van der Waals surface area contributed by atoms with Crippen molar-refractivity contribution >= 4 is 35.0 Å². The number of phenols is 1. The van der Waals surface area contributed by atoms with Crippen LogP contribution in [0.3, 0.4) is 0 Å². The molecule has 200 valence electrons. The molecule has 2 aliphatic heterocycles. The second-order valence-corrected chi connectivity index (χ2v) is 11.2. The second-order valence-electron chi connectivity index (χ2n) is 11.2. The van der Waals surface area contributed by atoms with Gasteiger partial charge in [0.25, 0.3) is 0 Å². The number of imide groups is 2. The summed E-state index contributed by atoms with van der Waals surface area (Å²) < 4.78 is 0. The average Bonchev–Trinajstić information content (AvgIpc) is 3.38. The van der Waals surface area contributed by atoms with Crippen LogP contribution in [-0.4, -0.2) is 28.7 Å². The predicted molar refractivity (Wildman–Crippen MR) is 148 cm³/mol. The van der Waals surface area contributed by atoms with Gasteiger partial charge in [0.2, 0.25) is 23.6 Å². The fourth-order valence-electron chi connectivity index (χ4n) is 7.53. The highest BCUT2D eigenvalue weighted by Gasteiger charge is 2.62. The Bertz CT molecular complexity index is 1600. The molecule has 7 heteroatoms. The minimum atomic E-state index is -0.711. The first-order valence-electron chi connectivity index (χ1n) is 13.7. The van der Waals surface area contributed by atoms with Crippen LogP contribution in [0.2, 0.25) is 0 Å². The summed E-state index contributed by atoms with van der Waals surface area (Å²) in [7, 11) is 0. The summed E-state index contributed by atoms with van der Waals surface area (Å²) in [6.07, 6.45) is 2.67. The molecule has 6 atom stereocenters. The molecular formula is C33H28N2O5. The van der Waals surface area contributed by atoms with E-state index in [-0.39, 0.29) is 29.4 Å². The number of aryl methyl sites for hydroxylation is 1. The van der Waals surface area contributed by atoms with Crippen LogP contribution in [0.15, 0.2) is 90.5 Å². The highest BCUT2D eigenvalue weighted by Crippen LogP contribution is 2.59. The molecule has 3 fully saturated rings. The number of allylic oxidation sites excluding steroid dienone is 2. The number of amides is 4. The molecule has 6 unspecified atom stereocenters. The number of benzene rings is 3. The Morgan fingerprint density at radius 2 is 1.23 bits per heavy atom. The van der Waals surface area contributed by atoms with E-state index in [1.807, 2.05) is 24.3 Å². The lowest BCUT2D eigenvalue weighted by molar-refractivity contribution is -0.126. The van der Waals surface area contributed by atoms with Gasteiger partial charge in [0.15, 0.2) is 0 Å². The Morgan fingerprint density at radius 1 is 0.650 bits per heavy atom. The maximum absolute atomic E-state index is 14.1. The molecule has 3 aromatic carbocycles. The fourth-order valence-corrected chi connectivity index (χ4v) is 7.53. The number of phenolic OH excluding ortho intramolecular Hbond substituents is 1. The van der Waals surface area contributed by atoms with Crippen molar-refractivity contribution in [3.05, 3.63) is 102 Å². The Morgan fingerprint density at radius 3 is 1.85 bits per heavy atom. The first-order valence-corrected chi connectivity index (χ1v) is 13.7. The maximum atomic E-state index is 14.1. The topological polar surface area (TPSA) is 95.0 Å². The minimum Gasteiger partial charge on any atom is -0.507 e. The van der Waals surface area contributed by atoms with E-state index in [1.165, 1.54) is 9.80 Å². The lowest BCUT2D eigenvalue weighted by atomic mass is 9.57. The Kier molecular flexibility index (Phi) is 5.52. The number of para-hydroxylation sites is 3. The summed E-state index contributed by atoms with van der Waals surface area (Å²) in [6, 6.07) is 23.3. The molecular weight excluding hydrogens is 504 g/mol. The number of anilines is 2. The van der Waals surface area contributed by atoms with Crippen LogP contribution in [0.4, 0.5) is 11.4 Å². The van der Waals surface area contributed by atoms with E-state index >= 15 is 0 Å². The normalized spacial score (nSPS) is 29.3. The number of fused-ring (bicyclic) bond motifs is 4. The van der Waals surface area contributed by atoms with Gasteiger partial charge in [-0.1, -0.05) is 66.2 Å². The van der Waals surface area contributed by atoms with Crippen LogP contribution in [0.25, 0.3) is 0 Å². The molecule has 2 aliphatic carbocycles. The van der Waals surface area contributed by atoms with Crippen LogP contribution in [0, 0.1) is 36.5 Å². The van der Waals surface area contributed by atoms with Gasteiger partial charge in [0.1, 0.15) is 5.75 Å². The van der Waals surface area contributed by atoms with Gasteiger partial charge >= 0.3 is 0 Å².